The predicted octanol–water partition coefficient (Wildman–Crippen LogP) is -0.147. The van der Waals surface area contributed by atoms with E-state index in [0.29, 0.717) is 40.5 Å². The molecule has 2 fully saturated rings. The molecule has 20 nitrogen and oxygen atoms in total. The van der Waals surface area contributed by atoms with Gasteiger partial charge in [0, 0.05) is 35.1 Å². The van der Waals surface area contributed by atoms with Crippen LogP contribution >= 0.6 is 34.7 Å². The van der Waals surface area contributed by atoms with Gasteiger partial charge < -0.3 is 50.1 Å². The van der Waals surface area contributed by atoms with Gasteiger partial charge in [-0.3, -0.25) is 24.8 Å². The second-order valence-corrected chi connectivity index (χ2v) is 15.4. The van der Waals surface area contributed by atoms with Crippen LogP contribution in [0.25, 0.3) is 17.1 Å². The largest absolute Gasteiger partial charge is 0.546 e. The summed E-state index contributed by atoms with van der Waals surface area (Å²) in [6.45, 7) is 4.78. The van der Waals surface area contributed by atoms with E-state index in [-0.39, 0.29) is 39.0 Å². The van der Waals surface area contributed by atoms with E-state index in [1.807, 2.05) is 0 Å². The second kappa shape index (κ2) is 13.9. The van der Waals surface area contributed by atoms with Crippen molar-refractivity contribution < 1.29 is 43.5 Å². The number of tetrazole rings is 1. The fourth-order valence-electron chi connectivity index (χ4n) is 6.29. The van der Waals surface area contributed by atoms with Crippen LogP contribution in [-0.4, -0.2) is 116 Å². The number of oxime groups is 1. The molecule has 2 amide bonds. The Labute approximate surface area is 312 Å². The van der Waals surface area contributed by atoms with Crippen LogP contribution in [0.2, 0.25) is 5.02 Å². The number of thioether (sulfide) groups is 1. The third-order valence-corrected chi connectivity index (χ3v) is 11.4. The molecule has 3 aromatic heterocycles. The highest BCUT2D eigenvalue weighted by Gasteiger charge is 2.54. The number of hydrogen-bond acceptors (Lipinski definition) is 18. The maximum absolute atomic E-state index is 13.9. The number of β-lactam (4-membered cyclic amide) rings is 1. The summed E-state index contributed by atoms with van der Waals surface area (Å²) >= 11 is 8.70. The Morgan fingerprint density at radius 3 is 2.72 bits per heavy atom. The number of anilines is 1. The second-order valence-electron chi connectivity index (χ2n) is 13.0. The van der Waals surface area contributed by atoms with Crippen molar-refractivity contribution in [3.8, 4) is 22.9 Å². The van der Waals surface area contributed by atoms with Crippen LogP contribution in [-0.2, 0) is 25.8 Å². The highest BCUT2D eigenvalue weighted by atomic mass is 35.5. The summed E-state index contributed by atoms with van der Waals surface area (Å²) in [4.78, 5) is 54.2. The smallest absolute Gasteiger partial charge is 0.282 e. The Morgan fingerprint density at radius 2 is 2.04 bits per heavy atom. The fraction of sp³-hybridized carbons (Fsp3) is 0.400. The predicted molar refractivity (Wildman–Crippen MR) is 184 cm³/mol. The van der Waals surface area contributed by atoms with Crippen molar-refractivity contribution in [3.63, 3.8) is 0 Å². The maximum atomic E-state index is 13.9. The van der Waals surface area contributed by atoms with Crippen molar-refractivity contribution >= 4 is 69.0 Å². The molecule has 1 aromatic carbocycles. The van der Waals surface area contributed by atoms with Gasteiger partial charge in [0.15, 0.2) is 34.5 Å². The summed E-state index contributed by atoms with van der Waals surface area (Å²) in [6, 6.07) is 1.76. The molecule has 6 heterocycles. The Bertz CT molecular complexity index is 2150. The molecular formula is C30H30ClN12O8S2-. The number of rotatable bonds is 12. The van der Waals surface area contributed by atoms with Crippen LogP contribution in [0, 0.1) is 0 Å². The summed E-state index contributed by atoms with van der Waals surface area (Å²) < 4.78 is 6.14. The third kappa shape index (κ3) is 6.84. The van der Waals surface area contributed by atoms with Crippen molar-refractivity contribution in [1.29, 1.82) is 0 Å². The number of amides is 2. The van der Waals surface area contributed by atoms with Crippen molar-refractivity contribution in [2.24, 2.45) is 5.16 Å². The molecule has 53 heavy (non-hydrogen) atoms. The number of phenolic OH excluding ortho intramolecular Hbond substituents is 2. The van der Waals surface area contributed by atoms with Crippen LogP contribution < -0.4 is 21.3 Å². The SMILES string of the molecule is CC(C)(O/N=C(\C(=O)N[C@@H]1C(=O)N2C(c3nnn[n-]3)=C(C[N+]3(Cc4nc(-c5ccc(O)c(O)c5Cl)no4)CCCC3)CS[C@H]12)c1csc(N)n1)C(=O)[O-]. The quantitative estimate of drug-likeness (QED) is 0.0478. The number of halogens is 1. The number of aliphatic carboxylic acids is 1. The monoisotopic (exact) mass is 785 g/mol. The first kappa shape index (κ1) is 36.1. The summed E-state index contributed by atoms with van der Waals surface area (Å²) in [6.07, 6.45) is 1.87. The first-order valence-corrected chi connectivity index (χ1v) is 18.3. The lowest BCUT2D eigenvalue weighted by molar-refractivity contribution is -0.926. The van der Waals surface area contributed by atoms with E-state index < -0.39 is 40.5 Å². The number of aromatic hydroxyl groups is 2. The lowest BCUT2D eigenvalue weighted by Gasteiger charge is -2.51. The van der Waals surface area contributed by atoms with Crippen molar-refractivity contribution in [3.05, 3.63) is 45.5 Å². The van der Waals surface area contributed by atoms with Crippen LogP contribution in [0.4, 0.5) is 5.13 Å². The number of nitrogens with one attached hydrogen (secondary N) is 1. The molecule has 0 bridgehead atoms. The number of benzene rings is 1. The number of thiazole rings is 1. The van der Waals surface area contributed by atoms with Gasteiger partial charge in [-0.2, -0.15) is 10.2 Å². The number of hydrogen-bond donors (Lipinski definition) is 4. The van der Waals surface area contributed by atoms with Gasteiger partial charge >= 0.3 is 0 Å². The number of carboxylic acid groups (broad SMARTS) is 1. The normalized spacial score (nSPS) is 19.9. The van der Waals surface area contributed by atoms with Gasteiger partial charge in [0.25, 0.3) is 17.7 Å². The van der Waals surface area contributed by atoms with E-state index in [2.05, 4.69) is 46.2 Å². The molecule has 23 heteroatoms. The van der Waals surface area contributed by atoms with Crippen LogP contribution in [0.1, 0.15) is 44.1 Å². The van der Waals surface area contributed by atoms with E-state index in [4.69, 9.17) is 26.7 Å². The van der Waals surface area contributed by atoms with Gasteiger partial charge in [0.05, 0.1) is 35.6 Å². The zero-order valence-corrected chi connectivity index (χ0v) is 30.3. The standard InChI is InChI=1S/C30H31ClN12O8S2/c1-30(2,28(48)49)51-38-19(15-12-53-29(32)33-15)25(46)35-20-26(47)42-21(24-36-40-41-37-24)13(11-52-27(20)42)9-43(7-3-4-8-43)10-17-34-23(39-50-17)14-5-6-16(44)22(45)18(14)31/h5-6,12,20,27H,3-4,7-11H2,1-2H3,(H6-,32,33,35,36,37,38,39,40,41,44,45,46,48,49)/p-1/t20-,27-/m1/s1. The molecule has 0 spiro atoms. The summed E-state index contributed by atoms with van der Waals surface area (Å²) in [7, 11) is 0. The highest BCUT2D eigenvalue weighted by molar-refractivity contribution is 8.00. The molecule has 0 radical (unpaired) electrons. The number of aromatic nitrogens is 7. The minimum Gasteiger partial charge on any atom is -0.546 e. The number of likely N-dealkylation sites (tertiary alicyclic amines) is 1. The van der Waals surface area contributed by atoms with E-state index in [1.54, 1.807) is 0 Å². The zero-order valence-electron chi connectivity index (χ0n) is 27.9. The molecule has 2 saturated heterocycles. The molecule has 5 N–H and O–H groups in total. The molecule has 0 saturated carbocycles. The van der Waals surface area contributed by atoms with E-state index in [0.717, 1.165) is 42.8 Å². The minimum atomic E-state index is -1.88. The average Bonchev–Trinajstić information content (AvgIpc) is 3.96. The highest BCUT2D eigenvalue weighted by Crippen LogP contribution is 2.45. The topological polar surface area (TPSA) is 282 Å². The molecule has 3 aliphatic rings. The Morgan fingerprint density at radius 1 is 1.26 bits per heavy atom. The number of nitrogen functional groups attached to an aromatic ring is 1. The van der Waals surface area contributed by atoms with Crippen molar-refractivity contribution in [1.82, 2.24) is 46.0 Å². The van der Waals surface area contributed by atoms with Gasteiger partial charge in [-0.25, -0.2) is 4.98 Å². The molecule has 4 aromatic rings. The van der Waals surface area contributed by atoms with Crippen LogP contribution in [0.3, 0.4) is 0 Å². The number of carbonyl (C=O) groups is 3. The third-order valence-electron chi connectivity index (χ3n) is 9.02. The van der Waals surface area contributed by atoms with Gasteiger partial charge in [-0.1, -0.05) is 21.9 Å². The first-order valence-electron chi connectivity index (χ1n) is 16.0. The molecule has 0 unspecified atom stereocenters. The van der Waals surface area contributed by atoms with Gasteiger partial charge in [-0.05, 0) is 26.0 Å². The first-order chi connectivity index (χ1) is 25.3. The summed E-state index contributed by atoms with van der Waals surface area (Å²) in [5, 5.41) is 58.3. The van der Waals surface area contributed by atoms with Crippen LogP contribution in [0.5, 0.6) is 11.5 Å². The van der Waals surface area contributed by atoms with Crippen molar-refractivity contribution in [2.45, 2.75) is 50.3 Å². The number of carboxylic acids is 1. The lowest BCUT2D eigenvalue weighted by Crippen LogP contribution is -2.70. The Balaban J connectivity index is 1.13. The molecule has 2 atom stereocenters. The summed E-state index contributed by atoms with van der Waals surface area (Å²) in [5.41, 5.74) is 5.13. The Kier molecular flexibility index (Phi) is 9.46. The number of quaternary nitrogens is 1. The average molecular weight is 786 g/mol. The van der Waals surface area contributed by atoms with Crippen LogP contribution in [0.15, 0.2) is 32.8 Å². The minimum absolute atomic E-state index is 0.0292. The molecule has 7 rings (SSSR count). The fourth-order valence-corrected chi connectivity index (χ4v) is 8.42. The summed E-state index contributed by atoms with van der Waals surface area (Å²) in [5.74, 6) is -2.64. The molecular weight excluding hydrogens is 756 g/mol. The van der Waals surface area contributed by atoms with E-state index >= 15 is 0 Å². The number of phenols is 2. The zero-order chi connectivity index (χ0) is 37.7. The van der Waals surface area contributed by atoms with Crippen molar-refractivity contribution in [2.75, 3.05) is 31.1 Å². The Hall–Kier alpha value is -5.32. The number of nitrogens with two attached hydrogens (primary N) is 1. The van der Waals surface area contributed by atoms with E-state index in [1.165, 1.54) is 48.0 Å². The number of carbonyl (C=O) groups excluding carboxylic acids is 3. The lowest BCUT2D eigenvalue weighted by atomic mass is 10.0. The molecule has 278 valence electrons. The van der Waals surface area contributed by atoms with Gasteiger partial charge in [0.2, 0.25) is 5.82 Å². The number of fused-ring (bicyclic) bond motifs is 1. The maximum Gasteiger partial charge on any atom is 0.282 e. The number of nitrogens with zero attached hydrogens (tertiary/aromatic N) is 10. The molecule has 3 aliphatic heterocycles. The van der Waals surface area contributed by atoms with E-state index in [9.17, 15) is 29.7 Å². The van der Waals surface area contributed by atoms with Gasteiger partial charge in [0.1, 0.15) is 23.7 Å². The van der Waals surface area contributed by atoms with Gasteiger partial charge in [-0.15, -0.1) is 23.1 Å². The molecule has 0 aliphatic carbocycles.